The van der Waals surface area contributed by atoms with Crippen LogP contribution in [0, 0.1) is 11.6 Å². The van der Waals surface area contributed by atoms with Gasteiger partial charge >= 0.3 is 0 Å². The molecule has 2 aromatic carbocycles. The SMILES string of the molecule is CCOc1ccc(-c2ccc(=O)n(CCNS(=O)(=O)c3cc(F)cc(F)c3)n2)cc1. The first-order valence-corrected chi connectivity index (χ1v) is 10.5. The molecule has 0 bridgehead atoms. The normalized spacial score (nSPS) is 11.4. The van der Waals surface area contributed by atoms with Crippen LogP contribution in [0.3, 0.4) is 0 Å². The molecule has 0 radical (unpaired) electrons. The van der Waals surface area contributed by atoms with E-state index in [1.54, 1.807) is 30.3 Å². The summed E-state index contributed by atoms with van der Waals surface area (Å²) in [5.41, 5.74) is 0.858. The Bertz CT molecular complexity index is 1180. The van der Waals surface area contributed by atoms with E-state index in [4.69, 9.17) is 4.74 Å². The smallest absolute Gasteiger partial charge is 0.266 e. The highest BCUT2D eigenvalue weighted by molar-refractivity contribution is 7.89. The number of nitrogens with one attached hydrogen (secondary N) is 1. The van der Waals surface area contributed by atoms with E-state index in [9.17, 15) is 22.0 Å². The van der Waals surface area contributed by atoms with Crippen LogP contribution in [-0.2, 0) is 16.6 Å². The number of benzene rings is 2. The van der Waals surface area contributed by atoms with Gasteiger partial charge < -0.3 is 4.74 Å². The number of sulfonamides is 1. The van der Waals surface area contributed by atoms with E-state index in [-0.39, 0.29) is 13.1 Å². The summed E-state index contributed by atoms with van der Waals surface area (Å²) in [5.74, 6) is -1.30. The Morgan fingerprint density at radius 2 is 1.70 bits per heavy atom. The minimum atomic E-state index is -4.15. The van der Waals surface area contributed by atoms with Crippen LogP contribution in [0.25, 0.3) is 11.3 Å². The molecule has 0 saturated carbocycles. The third-order valence-electron chi connectivity index (χ3n) is 4.09. The zero-order chi connectivity index (χ0) is 21.7. The molecule has 30 heavy (non-hydrogen) atoms. The molecule has 1 aromatic heterocycles. The van der Waals surface area contributed by atoms with Crippen molar-refractivity contribution in [2.24, 2.45) is 0 Å². The minimum absolute atomic E-state index is 0.0687. The predicted octanol–water partition coefficient (Wildman–Crippen LogP) is 2.57. The van der Waals surface area contributed by atoms with Gasteiger partial charge in [-0.1, -0.05) is 0 Å². The first-order chi connectivity index (χ1) is 14.3. The largest absolute Gasteiger partial charge is 0.494 e. The molecule has 0 fully saturated rings. The van der Waals surface area contributed by atoms with Gasteiger partial charge in [0.1, 0.15) is 17.4 Å². The van der Waals surface area contributed by atoms with Crippen molar-refractivity contribution in [2.45, 2.75) is 18.4 Å². The first-order valence-electron chi connectivity index (χ1n) is 9.05. The van der Waals surface area contributed by atoms with Gasteiger partial charge in [0.15, 0.2) is 0 Å². The number of halogens is 2. The fraction of sp³-hybridized carbons (Fsp3) is 0.200. The third kappa shape index (κ3) is 5.28. The zero-order valence-electron chi connectivity index (χ0n) is 16.0. The predicted molar refractivity (Wildman–Crippen MR) is 107 cm³/mol. The molecule has 158 valence electrons. The molecule has 0 saturated heterocycles. The molecular formula is C20H19F2N3O4S. The van der Waals surface area contributed by atoms with Crippen LogP contribution >= 0.6 is 0 Å². The van der Waals surface area contributed by atoms with Crippen molar-refractivity contribution < 1.29 is 21.9 Å². The average molecular weight is 435 g/mol. The summed E-state index contributed by atoms with van der Waals surface area (Å²) < 4.78 is 59.7. The summed E-state index contributed by atoms with van der Waals surface area (Å²) >= 11 is 0. The van der Waals surface area contributed by atoms with Gasteiger partial charge in [0.05, 0.1) is 23.7 Å². The van der Waals surface area contributed by atoms with Crippen LogP contribution in [0.15, 0.2) is 64.3 Å². The van der Waals surface area contributed by atoms with Gasteiger partial charge in [0.25, 0.3) is 5.56 Å². The Morgan fingerprint density at radius 1 is 1.03 bits per heavy atom. The van der Waals surface area contributed by atoms with Crippen LogP contribution < -0.4 is 15.0 Å². The highest BCUT2D eigenvalue weighted by Crippen LogP contribution is 2.20. The van der Waals surface area contributed by atoms with Crippen molar-refractivity contribution in [2.75, 3.05) is 13.2 Å². The Morgan fingerprint density at radius 3 is 2.33 bits per heavy atom. The fourth-order valence-electron chi connectivity index (χ4n) is 2.70. The second-order valence-corrected chi connectivity index (χ2v) is 8.01. The van der Waals surface area contributed by atoms with E-state index in [0.29, 0.717) is 36.2 Å². The van der Waals surface area contributed by atoms with Gasteiger partial charge in [-0.25, -0.2) is 26.6 Å². The summed E-state index contributed by atoms with van der Waals surface area (Å²) in [7, 11) is -4.15. The van der Waals surface area contributed by atoms with Crippen LogP contribution in [0.1, 0.15) is 6.92 Å². The van der Waals surface area contributed by atoms with Crippen LogP contribution in [0.2, 0.25) is 0 Å². The van der Waals surface area contributed by atoms with Crippen molar-refractivity contribution in [1.29, 1.82) is 0 Å². The Hall–Kier alpha value is -3.11. The lowest BCUT2D eigenvalue weighted by Gasteiger charge is -2.10. The maximum absolute atomic E-state index is 13.3. The van der Waals surface area contributed by atoms with Gasteiger partial charge in [0.2, 0.25) is 10.0 Å². The number of aromatic nitrogens is 2. The maximum atomic E-state index is 13.3. The molecule has 10 heteroatoms. The van der Waals surface area contributed by atoms with Crippen molar-refractivity contribution in [3.05, 3.63) is 76.6 Å². The maximum Gasteiger partial charge on any atom is 0.266 e. The second-order valence-electron chi connectivity index (χ2n) is 6.24. The molecule has 1 N–H and O–H groups in total. The standard InChI is InChI=1S/C20H19F2N3O4S/c1-2-29-17-5-3-14(4-6-17)19-7-8-20(26)25(24-19)10-9-23-30(27,28)18-12-15(21)11-16(22)13-18/h3-8,11-13,23H,2,9-10H2,1H3. The van der Waals surface area contributed by atoms with Crippen molar-refractivity contribution >= 4 is 10.0 Å². The first kappa shape index (κ1) is 21.6. The van der Waals surface area contributed by atoms with Gasteiger partial charge in [-0.15, -0.1) is 0 Å². The minimum Gasteiger partial charge on any atom is -0.494 e. The van der Waals surface area contributed by atoms with Crippen molar-refractivity contribution in [3.8, 4) is 17.0 Å². The van der Waals surface area contributed by atoms with E-state index in [1.807, 2.05) is 6.92 Å². The van der Waals surface area contributed by atoms with E-state index in [2.05, 4.69) is 9.82 Å². The van der Waals surface area contributed by atoms with Gasteiger partial charge in [-0.05, 0) is 49.4 Å². The summed E-state index contributed by atoms with van der Waals surface area (Å²) in [6, 6.07) is 12.0. The summed E-state index contributed by atoms with van der Waals surface area (Å²) in [4.78, 5) is 11.5. The monoisotopic (exact) mass is 435 g/mol. The van der Waals surface area contributed by atoms with Gasteiger partial charge in [-0.3, -0.25) is 4.79 Å². The van der Waals surface area contributed by atoms with E-state index in [0.717, 1.165) is 10.2 Å². The van der Waals surface area contributed by atoms with Crippen molar-refractivity contribution in [3.63, 3.8) is 0 Å². The number of ether oxygens (including phenoxy) is 1. The molecule has 0 aliphatic carbocycles. The molecule has 0 aliphatic heterocycles. The fourth-order valence-corrected chi connectivity index (χ4v) is 3.77. The molecule has 0 amide bonds. The lowest BCUT2D eigenvalue weighted by atomic mass is 10.1. The topological polar surface area (TPSA) is 90.3 Å². The summed E-state index contributed by atoms with van der Waals surface area (Å²) in [5, 5.41) is 4.25. The average Bonchev–Trinajstić information content (AvgIpc) is 2.69. The molecule has 0 aliphatic rings. The number of nitrogens with zero attached hydrogens (tertiary/aromatic N) is 2. The molecule has 0 spiro atoms. The van der Waals surface area contributed by atoms with Crippen LogP contribution in [0.4, 0.5) is 8.78 Å². The summed E-state index contributed by atoms with van der Waals surface area (Å²) in [6.07, 6.45) is 0. The number of hydrogen-bond acceptors (Lipinski definition) is 5. The van der Waals surface area contributed by atoms with Crippen LogP contribution in [0.5, 0.6) is 5.75 Å². The highest BCUT2D eigenvalue weighted by Gasteiger charge is 2.16. The lowest BCUT2D eigenvalue weighted by Crippen LogP contribution is -2.32. The Labute approximate surface area is 172 Å². The molecule has 3 aromatic rings. The second kappa shape index (κ2) is 9.14. The molecule has 0 unspecified atom stereocenters. The summed E-state index contributed by atoms with van der Waals surface area (Å²) in [6.45, 7) is 2.16. The zero-order valence-corrected chi connectivity index (χ0v) is 16.8. The molecule has 3 rings (SSSR count). The van der Waals surface area contributed by atoms with E-state index in [1.165, 1.54) is 6.07 Å². The van der Waals surface area contributed by atoms with E-state index < -0.39 is 32.1 Å². The molecular weight excluding hydrogens is 416 g/mol. The van der Waals surface area contributed by atoms with Crippen molar-refractivity contribution in [1.82, 2.24) is 14.5 Å². The third-order valence-corrected chi connectivity index (χ3v) is 5.53. The van der Waals surface area contributed by atoms with Crippen LogP contribution in [-0.4, -0.2) is 31.3 Å². The molecule has 0 atom stereocenters. The quantitative estimate of drug-likeness (QED) is 0.587. The Balaban J connectivity index is 1.72. The lowest BCUT2D eigenvalue weighted by molar-refractivity contribution is 0.340. The molecule has 1 heterocycles. The van der Waals surface area contributed by atoms with E-state index >= 15 is 0 Å². The number of rotatable bonds is 8. The van der Waals surface area contributed by atoms with Gasteiger partial charge in [0, 0.05) is 24.2 Å². The van der Waals surface area contributed by atoms with Gasteiger partial charge in [-0.2, -0.15) is 5.10 Å². The highest BCUT2D eigenvalue weighted by atomic mass is 32.2. The molecule has 7 nitrogen and oxygen atoms in total. The number of hydrogen-bond donors (Lipinski definition) is 1. The Kier molecular flexibility index (Phi) is 6.58.